The van der Waals surface area contributed by atoms with Gasteiger partial charge in [0.15, 0.2) is 0 Å². The molecule has 3 aromatic rings. The van der Waals surface area contributed by atoms with Crippen LogP contribution in [0.3, 0.4) is 0 Å². The van der Waals surface area contributed by atoms with Crippen LogP contribution >= 0.6 is 0 Å². The van der Waals surface area contributed by atoms with E-state index in [2.05, 4.69) is 51.9 Å². The molecule has 0 atom stereocenters. The van der Waals surface area contributed by atoms with Gasteiger partial charge >= 0.3 is 0 Å². The third kappa shape index (κ3) is 3.62. The Hall–Kier alpha value is -2.30. The molecular formula is C22H26N2O2. The number of rotatable bonds is 6. The molecule has 4 heteroatoms. The summed E-state index contributed by atoms with van der Waals surface area (Å²) in [5.74, 6) is 0.895. The first-order valence-electron chi connectivity index (χ1n) is 9.38. The van der Waals surface area contributed by atoms with Crippen LogP contribution in [0.15, 0.2) is 54.7 Å². The number of nitrogens with zero attached hydrogens (tertiary/aromatic N) is 2. The summed E-state index contributed by atoms with van der Waals surface area (Å²) in [7, 11) is 1.71. The van der Waals surface area contributed by atoms with Gasteiger partial charge in [0.05, 0.1) is 20.3 Å². The minimum absolute atomic E-state index is 0.866. The molecule has 136 valence electrons. The zero-order valence-corrected chi connectivity index (χ0v) is 15.4. The van der Waals surface area contributed by atoms with E-state index in [4.69, 9.17) is 9.47 Å². The van der Waals surface area contributed by atoms with Crippen molar-refractivity contribution in [1.82, 2.24) is 9.30 Å². The summed E-state index contributed by atoms with van der Waals surface area (Å²) >= 11 is 0. The molecule has 1 aliphatic heterocycles. The SMILES string of the molecule is COc1ccc(-c2cc3ccccn3c2CCCN2CCOCC2)cc1. The molecule has 4 rings (SSSR count). The lowest BCUT2D eigenvalue weighted by atomic mass is 10.0. The molecule has 0 aliphatic carbocycles. The van der Waals surface area contributed by atoms with Crippen LogP contribution in [0.2, 0.25) is 0 Å². The largest absolute Gasteiger partial charge is 0.497 e. The Balaban J connectivity index is 1.58. The second kappa shape index (κ2) is 7.94. The van der Waals surface area contributed by atoms with Gasteiger partial charge in [-0.1, -0.05) is 18.2 Å². The normalized spacial score (nSPS) is 15.4. The first-order chi connectivity index (χ1) is 12.8. The quantitative estimate of drug-likeness (QED) is 0.675. The van der Waals surface area contributed by atoms with Crippen LogP contribution in [0.4, 0.5) is 0 Å². The number of hydrogen-bond donors (Lipinski definition) is 0. The Morgan fingerprint density at radius 2 is 1.85 bits per heavy atom. The second-order valence-corrected chi connectivity index (χ2v) is 6.79. The van der Waals surface area contributed by atoms with Crippen molar-refractivity contribution >= 4 is 5.52 Å². The maximum absolute atomic E-state index is 5.45. The van der Waals surface area contributed by atoms with Gasteiger partial charge < -0.3 is 13.9 Å². The van der Waals surface area contributed by atoms with Crippen LogP contribution in [-0.4, -0.2) is 49.3 Å². The Bertz CT molecular complexity index is 848. The highest BCUT2D eigenvalue weighted by atomic mass is 16.5. The van der Waals surface area contributed by atoms with Gasteiger partial charge in [0.2, 0.25) is 0 Å². The standard InChI is InChI=1S/C22H26N2O2/c1-25-20-9-7-18(8-10-20)21-17-19-5-2-3-12-24(19)22(21)6-4-11-23-13-15-26-16-14-23/h2-3,5,7-10,12,17H,4,6,11,13-16H2,1H3. The van der Waals surface area contributed by atoms with Crippen molar-refractivity contribution in [2.24, 2.45) is 0 Å². The van der Waals surface area contributed by atoms with Crippen molar-refractivity contribution in [3.05, 3.63) is 60.4 Å². The van der Waals surface area contributed by atoms with Crippen molar-refractivity contribution in [2.45, 2.75) is 12.8 Å². The van der Waals surface area contributed by atoms with Gasteiger partial charge in [-0.2, -0.15) is 0 Å². The zero-order valence-electron chi connectivity index (χ0n) is 15.4. The van der Waals surface area contributed by atoms with Gasteiger partial charge in [0, 0.05) is 36.1 Å². The molecule has 1 aromatic carbocycles. The molecule has 1 aliphatic rings. The van der Waals surface area contributed by atoms with Gasteiger partial charge in [-0.25, -0.2) is 0 Å². The van der Waals surface area contributed by atoms with Gasteiger partial charge in [0.25, 0.3) is 0 Å². The average molecular weight is 350 g/mol. The molecule has 3 heterocycles. The third-order valence-electron chi connectivity index (χ3n) is 5.18. The summed E-state index contributed by atoms with van der Waals surface area (Å²) in [5, 5.41) is 0. The monoisotopic (exact) mass is 350 g/mol. The van der Waals surface area contributed by atoms with Gasteiger partial charge in [-0.15, -0.1) is 0 Å². The smallest absolute Gasteiger partial charge is 0.118 e. The van der Waals surface area contributed by atoms with Gasteiger partial charge in [0.1, 0.15) is 5.75 Å². The Kier molecular flexibility index (Phi) is 5.23. The molecule has 1 saturated heterocycles. The fourth-order valence-electron chi connectivity index (χ4n) is 3.75. The van der Waals surface area contributed by atoms with Crippen molar-refractivity contribution in [2.75, 3.05) is 40.0 Å². The molecular weight excluding hydrogens is 324 g/mol. The highest BCUT2D eigenvalue weighted by Gasteiger charge is 2.14. The second-order valence-electron chi connectivity index (χ2n) is 6.79. The van der Waals surface area contributed by atoms with E-state index in [0.717, 1.165) is 51.4 Å². The number of ether oxygens (including phenoxy) is 2. The van der Waals surface area contributed by atoms with Crippen LogP contribution in [0.25, 0.3) is 16.6 Å². The molecule has 0 radical (unpaired) electrons. The van der Waals surface area contributed by atoms with Crippen LogP contribution in [0, 0.1) is 0 Å². The number of aryl methyl sites for hydroxylation is 1. The molecule has 0 unspecified atom stereocenters. The predicted molar refractivity (Wildman–Crippen MR) is 105 cm³/mol. The van der Waals surface area contributed by atoms with Crippen molar-refractivity contribution in [1.29, 1.82) is 0 Å². The first kappa shape index (κ1) is 17.1. The average Bonchev–Trinajstić information content (AvgIpc) is 3.08. The van der Waals surface area contributed by atoms with Gasteiger partial charge in [-0.05, 0) is 55.3 Å². The van der Waals surface area contributed by atoms with Crippen molar-refractivity contribution in [3.63, 3.8) is 0 Å². The lowest BCUT2D eigenvalue weighted by Gasteiger charge is -2.26. The zero-order chi connectivity index (χ0) is 17.8. The molecule has 0 bridgehead atoms. The highest BCUT2D eigenvalue weighted by molar-refractivity contribution is 5.74. The molecule has 0 amide bonds. The fraction of sp³-hybridized carbons (Fsp3) is 0.364. The topological polar surface area (TPSA) is 26.1 Å². The lowest BCUT2D eigenvalue weighted by Crippen LogP contribution is -2.37. The third-order valence-corrected chi connectivity index (χ3v) is 5.18. The van der Waals surface area contributed by atoms with Crippen LogP contribution in [-0.2, 0) is 11.2 Å². The lowest BCUT2D eigenvalue weighted by molar-refractivity contribution is 0.0374. The van der Waals surface area contributed by atoms with Crippen LogP contribution in [0.1, 0.15) is 12.1 Å². The summed E-state index contributed by atoms with van der Waals surface area (Å²) in [6, 6.07) is 17.1. The van der Waals surface area contributed by atoms with Crippen molar-refractivity contribution in [3.8, 4) is 16.9 Å². The number of aromatic nitrogens is 1. The summed E-state index contributed by atoms with van der Waals surface area (Å²) in [5.41, 5.74) is 5.20. The van der Waals surface area contributed by atoms with E-state index in [9.17, 15) is 0 Å². The molecule has 0 spiro atoms. The molecule has 26 heavy (non-hydrogen) atoms. The van der Waals surface area contributed by atoms with E-state index < -0.39 is 0 Å². The van der Waals surface area contributed by atoms with E-state index in [1.54, 1.807) is 7.11 Å². The molecule has 0 saturated carbocycles. The minimum atomic E-state index is 0.866. The van der Waals surface area contributed by atoms with Crippen LogP contribution < -0.4 is 4.74 Å². The van der Waals surface area contributed by atoms with E-state index in [1.807, 2.05) is 12.1 Å². The maximum atomic E-state index is 5.45. The molecule has 4 nitrogen and oxygen atoms in total. The molecule has 2 aromatic heterocycles. The predicted octanol–water partition coefficient (Wildman–Crippen LogP) is 3.88. The van der Waals surface area contributed by atoms with Crippen molar-refractivity contribution < 1.29 is 9.47 Å². The molecule has 1 fully saturated rings. The summed E-state index contributed by atoms with van der Waals surface area (Å²) in [4.78, 5) is 2.51. The number of fused-ring (bicyclic) bond motifs is 1. The number of methoxy groups -OCH3 is 1. The number of hydrogen-bond acceptors (Lipinski definition) is 3. The number of benzene rings is 1. The van der Waals surface area contributed by atoms with E-state index in [1.165, 1.54) is 22.3 Å². The van der Waals surface area contributed by atoms with E-state index >= 15 is 0 Å². The summed E-state index contributed by atoms with van der Waals surface area (Å²) in [6.07, 6.45) is 4.40. The molecule has 0 N–H and O–H groups in total. The Morgan fingerprint density at radius 3 is 2.62 bits per heavy atom. The van der Waals surface area contributed by atoms with Crippen LogP contribution in [0.5, 0.6) is 5.75 Å². The summed E-state index contributed by atoms with van der Waals surface area (Å²) in [6.45, 7) is 4.97. The first-order valence-corrected chi connectivity index (χ1v) is 9.38. The summed E-state index contributed by atoms with van der Waals surface area (Å²) < 4.78 is 13.1. The van der Waals surface area contributed by atoms with E-state index in [0.29, 0.717) is 0 Å². The highest BCUT2D eigenvalue weighted by Crippen LogP contribution is 2.30. The fourth-order valence-corrected chi connectivity index (χ4v) is 3.75. The Morgan fingerprint density at radius 1 is 1.04 bits per heavy atom. The number of pyridine rings is 1. The Labute approximate surface area is 155 Å². The van der Waals surface area contributed by atoms with Gasteiger partial charge in [-0.3, -0.25) is 4.90 Å². The number of morpholine rings is 1. The maximum Gasteiger partial charge on any atom is 0.118 e. The van der Waals surface area contributed by atoms with E-state index in [-0.39, 0.29) is 0 Å². The minimum Gasteiger partial charge on any atom is -0.497 e.